The first kappa shape index (κ1) is 11.8. The Bertz CT molecular complexity index is 371. The zero-order chi connectivity index (χ0) is 12.1. The van der Waals surface area contributed by atoms with Crippen LogP contribution in [-0.4, -0.2) is 22.4 Å². The minimum Gasteiger partial charge on any atom is -0.382 e. The van der Waals surface area contributed by atoms with Crippen molar-refractivity contribution >= 4 is 11.7 Å². The lowest BCUT2D eigenvalue weighted by Crippen LogP contribution is -2.26. The first-order valence-corrected chi connectivity index (χ1v) is 6.11. The second-order valence-electron chi connectivity index (χ2n) is 4.52. The summed E-state index contributed by atoms with van der Waals surface area (Å²) in [6.07, 6.45) is 9.14. The van der Waals surface area contributed by atoms with Crippen molar-refractivity contribution < 1.29 is 4.79 Å². The van der Waals surface area contributed by atoms with Gasteiger partial charge in [-0.25, -0.2) is 9.97 Å². The first-order chi connectivity index (χ1) is 8.25. The van der Waals surface area contributed by atoms with E-state index >= 15 is 0 Å². The Morgan fingerprint density at radius 2 is 2.12 bits per heavy atom. The van der Waals surface area contributed by atoms with Gasteiger partial charge in [-0.1, -0.05) is 25.7 Å². The zero-order valence-corrected chi connectivity index (χ0v) is 9.85. The molecule has 0 aliphatic heterocycles. The highest BCUT2D eigenvalue weighted by Crippen LogP contribution is 2.26. The molecular weight excluding hydrogens is 216 g/mol. The number of aromatic nitrogens is 2. The van der Waals surface area contributed by atoms with Crippen molar-refractivity contribution in [3.05, 3.63) is 18.1 Å². The van der Waals surface area contributed by atoms with Gasteiger partial charge in [0.1, 0.15) is 11.5 Å². The van der Waals surface area contributed by atoms with Gasteiger partial charge in [-0.05, 0) is 12.3 Å². The number of carbonyl (C=O) groups excluding carboxylic acids is 1. The van der Waals surface area contributed by atoms with E-state index in [9.17, 15) is 4.79 Å². The standard InChI is InChI=1S/C12H18N4O/c13-11-8-15-10(7-16-11)12(17)14-6-5-9-3-1-2-4-9/h7-9H,1-6H2,(H2,13,16)(H,14,17). The summed E-state index contributed by atoms with van der Waals surface area (Å²) in [6, 6.07) is 0. The molecule has 1 heterocycles. The van der Waals surface area contributed by atoms with E-state index in [-0.39, 0.29) is 5.91 Å². The first-order valence-electron chi connectivity index (χ1n) is 6.11. The maximum Gasteiger partial charge on any atom is 0.271 e. The molecule has 92 valence electrons. The van der Waals surface area contributed by atoms with E-state index < -0.39 is 0 Å². The van der Waals surface area contributed by atoms with Gasteiger partial charge in [0.2, 0.25) is 0 Å². The molecule has 5 heteroatoms. The highest BCUT2D eigenvalue weighted by Gasteiger charge is 2.15. The summed E-state index contributed by atoms with van der Waals surface area (Å²) < 4.78 is 0. The van der Waals surface area contributed by atoms with E-state index in [4.69, 9.17) is 5.73 Å². The monoisotopic (exact) mass is 234 g/mol. The number of nitrogens with two attached hydrogens (primary N) is 1. The van der Waals surface area contributed by atoms with Crippen molar-refractivity contribution in [3.8, 4) is 0 Å². The molecule has 2 rings (SSSR count). The third-order valence-electron chi connectivity index (χ3n) is 3.22. The van der Waals surface area contributed by atoms with E-state index in [1.54, 1.807) is 0 Å². The van der Waals surface area contributed by atoms with Crippen LogP contribution in [0.25, 0.3) is 0 Å². The predicted octanol–water partition coefficient (Wildman–Crippen LogP) is 1.37. The molecule has 0 unspecified atom stereocenters. The van der Waals surface area contributed by atoms with Crippen LogP contribution in [0.5, 0.6) is 0 Å². The van der Waals surface area contributed by atoms with Crippen LogP contribution >= 0.6 is 0 Å². The number of anilines is 1. The second kappa shape index (κ2) is 5.61. The maximum absolute atomic E-state index is 11.7. The number of amides is 1. The normalized spacial score (nSPS) is 16.0. The van der Waals surface area contributed by atoms with E-state index in [0.717, 1.165) is 18.9 Å². The van der Waals surface area contributed by atoms with E-state index in [1.165, 1.54) is 38.1 Å². The Morgan fingerprint density at radius 1 is 1.35 bits per heavy atom. The summed E-state index contributed by atoms with van der Waals surface area (Å²) in [5, 5.41) is 2.86. The summed E-state index contributed by atoms with van der Waals surface area (Å²) in [5.74, 6) is 0.941. The van der Waals surface area contributed by atoms with Crippen molar-refractivity contribution in [2.45, 2.75) is 32.1 Å². The highest BCUT2D eigenvalue weighted by atomic mass is 16.1. The third-order valence-corrected chi connectivity index (χ3v) is 3.22. The van der Waals surface area contributed by atoms with Crippen LogP contribution < -0.4 is 11.1 Å². The van der Waals surface area contributed by atoms with Gasteiger partial charge >= 0.3 is 0 Å². The molecule has 1 amide bonds. The molecule has 0 spiro atoms. The van der Waals surface area contributed by atoms with Gasteiger partial charge in [0.05, 0.1) is 12.4 Å². The topological polar surface area (TPSA) is 80.9 Å². The quantitative estimate of drug-likeness (QED) is 0.824. The van der Waals surface area contributed by atoms with Crippen LogP contribution in [0, 0.1) is 5.92 Å². The molecule has 0 saturated heterocycles. The number of nitrogens with one attached hydrogen (secondary N) is 1. The minimum absolute atomic E-state index is 0.171. The number of nitrogens with zero attached hydrogens (tertiary/aromatic N) is 2. The summed E-state index contributed by atoms with van der Waals surface area (Å²) in [4.78, 5) is 19.4. The van der Waals surface area contributed by atoms with Crippen LogP contribution in [0.1, 0.15) is 42.6 Å². The summed E-state index contributed by atoms with van der Waals surface area (Å²) >= 11 is 0. The number of nitrogen functional groups attached to an aromatic ring is 1. The van der Waals surface area contributed by atoms with Gasteiger partial charge in [-0.3, -0.25) is 4.79 Å². The van der Waals surface area contributed by atoms with Crippen LogP contribution in [-0.2, 0) is 0 Å². The molecule has 0 aromatic carbocycles. The summed E-state index contributed by atoms with van der Waals surface area (Å²) in [7, 11) is 0. The van der Waals surface area contributed by atoms with Gasteiger partial charge in [-0.15, -0.1) is 0 Å². The number of carbonyl (C=O) groups is 1. The van der Waals surface area contributed by atoms with E-state index in [0.29, 0.717) is 11.5 Å². The Labute approximate surface area is 101 Å². The van der Waals surface area contributed by atoms with Gasteiger partial charge in [-0.2, -0.15) is 0 Å². The Kier molecular flexibility index (Phi) is 3.90. The van der Waals surface area contributed by atoms with Crippen molar-refractivity contribution in [2.75, 3.05) is 12.3 Å². The van der Waals surface area contributed by atoms with Crippen LogP contribution in [0.4, 0.5) is 5.82 Å². The highest BCUT2D eigenvalue weighted by molar-refractivity contribution is 5.91. The molecular formula is C12H18N4O. The average molecular weight is 234 g/mol. The molecule has 5 nitrogen and oxygen atoms in total. The summed E-state index contributed by atoms with van der Waals surface area (Å²) in [6.45, 7) is 0.718. The smallest absolute Gasteiger partial charge is 0.271 e. The molecule has 17 heavy (non-hydrogen) atoms. The van der Waals surface area contributed by atoms with Gasteiger partial charge < -0.3 is 11.1 Å². The van der Waals surface area contributed by atoms with Gasteiger partial charge in [0, 0.05) is 6.54 Å². The number of hydrogen-bond donors (Lipinski definition) is 2. The minimum atomic E-state index is -0.171. The van der Waals surface area contributed by atoms with Gasteiger partial charge in [0.25, 0.3) is 5.91 Å². The van der Waals surface area contributed by atoms with Crippen LogP contribution in [0.2, 0.25) is 0 Å². The van der Waals surface area contributed by atoms with Crippen LogP contribution in [0.3, 0.4) is 0 Å². The lowest BCUT2D eigenvalue weighted by atomic mass is 10.0. The average Bonchev–Trinajstić information content (AvgIpc) is 2.83. The Balaban J connectivity index is 1.75. The molecule has 0 atom stereocenters. The fourth-order valence-electron chi connectivity index (χ4n) is 2.23. The Hall–Kier alpha value is -1.65. The molecule has 0 radical (unpaired) electrons. The molecule has 0 bridgehead atoms. The summed E-state index contributed by atoms with van der Waals surface area (Å²) in [5.41, 5.74) is 5.73. The Morgan fingerprint density at radius 3 is 2.76 bits per heavy atom. The van der Waals surface area contributed by atoms with Crippen molar-refractivity contribution in [1.82, 2.24) is 15.3 Å². The number of hydrogen-bond acceptors (Lipinski definition) is 4. The zero-order valence-electron chi connectivity index (χ0n) is 9.85. The second-order valence-corrected chi connectivity index (χ2v) is 4.52. The molecule has 1 aliphatic rings. The van der Waals surface area contributed by atoms with Crippen molar-refractivity contribution in [1.29, 1.82) is 0 Å². The lowest BCUT2D eigenvalue weighted by molar-refractivity contribution is 0.0946. The molecule has 1 aromatic heterocycles. The fraction of sp³-hybridized carbons (Fsp3) is 0.583. The fourth-order valence-corrected chi connectivity index (χ4v) is 2.23. The SMILES string of the molecule is Nc1cnc(C(=O)NCCC2CCCC2)cn1. The van der Waals surface area contributed by atoms with Crippen LogP contribution in [0.15, 0.2) is 12.4 Å². The number of rotatable bonds is 4. The molecule has 1 aliphatic carbocycles. The predicted molar refractivity (Wildman–Crippen MR) is 65.4 cm³/mol. The maximum atomic E-state index is 11.7. The van der Waals surface area contributed by atoms with E-state index in [1.807, 2.05) is 0 Å². The third kappa shape index (κ3) is 3.41. The molecule has 3 N–H and O–H groups in total. The molecule has 1 saturated carbocycles. The molecule has 1 fully saturated rings. The molecule has 1 aromatic rings. The largest absolute Gasteiger partial charge is 0.382 e. The van der Waals surface area contributed by atoms with Gasteiger partial charge in [0.15, 0.2) is 0 Å². The lowest BCUT2D eigenvalue weighted by Gasteiger charge is -2.09. The van der Waals surface area contributed by atoms with Crippen molar-refractivity contribution in [3.63, 3.8) is 0 Å². The van der Waals surface area contributed by atoms with Crippen molar-refractivity contribution in [2.24, 2.45) is 5.92 Å². The van der Waals surface area contributed by atoms with E-state index in [2.05, 4.69) is 15.3 Å².